The van der Waals surface area contributed by atoms with Crippen molar-refractivity contribution in [3.8, 4) is 0 Å². The van der Waals surface area contributed by atoms with Crippen molar-refractivity contribution in [1.82, 2.24) is 4.90 Å². The Morgan fingerprint density at radius 2 is 1.82 bits per heavy atom. The summed E-state index contributed by atoms with van der Waals surface area (Å²) in [6.45, 7) is 1.57. The second-order valence-electron chi connectivity index (χ2n) is 5.33. The van der Waals surface area contributed by atoms with Gasteiger partial charge in [-0.25, -0.2) is 0 Å². The Morgan fingerprint density at radius 3 is 2.47 bits per heavy atom. The highest BCUT2D eigenvalue weighted by molar-refractivity contribution is 5.85. The maximum Gasteiger partial charge on any atom is 0.223 e. The molecule has 2 aliphatic rings. The van der Waals surface area contributed by atoms with Gasteiger partial charge in [0.25, 0.3) is 0 Å². The van der Waals surface area contributed by atoms with Crippen LogP contribution in [0.3, 0.4) is 0 Å². The first-order chi connectivity index (χ1) is 7.81. The Bertz CT molecular complexity index is 242. The number of hydrogen-bond donors (Lipinski definition) is 1. The van der Waals surface area contributed by atoms with Gasteiger partial charge in [0, 0.05) is 25.6 Å². The van der Waals surface area contributed by atoms with E-state index in [4.69, 9.17) is 5.73 Å². The zero-order chi connectivity index (χ0) is 11.4. The van der Waals surface area contributed by atoms with Gasteiger partial charge in [0.15, 0.2) is 0 Å². The van der Waals surface area contributed by atoms with Gasteiger partial charge in [0.05, 0.1) is 0 Å². The van der Waals surface area contributed by atoms with Crippen LogP contribution in [0.5, 0.6) is 0 Å². The maximum atomic E-state index is 12.2. The van der Waals surface area contributed by atoms with E-state index in [1.54, 1.807) is 0 Å². The average molecular weight is 261 g/mol. The van der Waals surface area contributed by atoms with E-state index in [1.165, 1.54) is 32.1 Å². The summed E-state index contributed by atoms with van der Waals surface area (Å²) in [5, 5.41) is 0. The van der Waals surface area contributed by atoms with E-state index < -0.39 is 0 Å². The van der Waals surface area contributed by atoms with Crippen LogP contribution in [0.2, 0.25) is 0 Å². The quantitative estimate of drug-likeness (QED) is 0.847. The highest BCUT2D eigenvalue weighted by Gasteiger charge is 2.29. The minimum absolute atomic E-state index is 0. The fraction of sp³-hybridized carbons (Fsp3) is 0.923. The van der Waals surface area contributed by atoms with E-state index in [0.29, 0.717) is 24.4 Å². The van der Waals surface area contributed by atoms with Crippen molar-refractivity contribution in [2.75, 3.05) is 13.1 Å². The smallest absolute Gasteiger partial charge is 0.223 e. The second-order valence-corrected chi connectivity index (χ2v) is 5.33. The molecular weight excluding hydrogens is 236 g/mol. The summed E-state index contributed by atoms with van der Waals surface area (Å²) in [5.41, 5.74) is 5.70. The van der Waals surface area contributed by atoms with Gasteiger partial charge in [-0.3, -0.25) is 4.79 Å². The molecule has 3 nitrogen and oxygen atoms in total. The van der Waals surface area contributed by atoms with Crippen LogP contribution in [-0.2, 0) is 4.79 Å². The Morgan fingerprint density at radius 1 is 1.12 bits per heavy atom. The molecule has 1 saturated carbocycles. The van der Waals surface area contributed by atoms with Crippen LogP contribution in [0.4, 0.5) is 0 Å². The number of halogens is 1. The summed E-state index contributed by atoms with van der Waals surface area (Å²) < 4.78 is 0. The molecule has 1 amide bonds. The van der Waals surface area contributed by atoms with Crippen LogP contribution in [0, 0.1) is 5.92 Å². The molecule has 1 unspecified atom stereocenters. The van der Waals surface area contributed by atoms with Crippen LogP contribution in [0.25, 0.3) is 0 Å². The Hall–Kier alpha value is -0.280. The van der Waals surface area contributed by atoms with E-state index in [1.807, 2.05) is 4.90 Å². The monoisotopic (exact) mass is 260 g/mol. The SMILES string of the molecule is Cl.NCC1CCCN1C(=O)CC1CCCCC1. The number of nitrogens with two attached hydrogens (primary N) is 1. The first-order valence-electron chi connectivity index (χ1n) is 6.81. The van der Waals surface area contributed by atoms with Crippen molar-refractivity contribution in [2.24, 2.45) is 11.7 Å². The fourth-order valence-corrected chi connectivity index (χ4v) is 3.16. The lowest BCUT2D eigenvalue weighted by atomic mass is 9.86. The molecule has 0 aromatic rings. The lowest BCUT2D eigenvalue weighted by Crippen LogP contribution is -2.40. The van der Waals surface area contributed by atoms with Crippen LogP contribution < -0.4 is 5.73 Å². The largest absolute Gasteiger partial charge is 0.338 e. The lowest BCUT2D eigenvalue weighted by molar-refractivity contribution is -0.133. The first-order valence-corrected chi connectivity index (χ1v) is 6.81. The molecule has 1 aliphatic carbocycles. The van der Waals surface area contributed by atoms with E-state index in [-0.39, 0.29) is 12.4 Å². The van der Waals surface area contributed by atoms with Gasteiger partial charge in [0.2, 0.25) is 5.91 Å². The topological polar surface area (TPSA) is 46.3 Å². The number of carbonyl (C=O) groups excluding carboxylic acids is 1. The Labute approximate surface area is 111 Å². The van der Waals surface area contributed by atoms with Crippen LogP contribution in [0.1, 0.15) is 51.4 Å². The number of hydrogen-bond acceptors (Lipinski definition) is 2. The minimum atomic E-state index is 0. The van der Waals surface area contributed by atoms with Gasteiger partial charge in [0.1, 0.15) is 0 Å². The molecular formula is C13H25ClN2O. The zero-order valence-electron chi connectivity index (χ0n) is 10.6. The molecule has 2 N–H and O–H groups in total. The first kappa shape index (κ1) is 14.8. The molecule has 0 aromatic carbocycles. The maximum absolute atomic E-state index is 12.2. The van der Waals surface area contributed by atoms with Crippen molar-refractivity contribution in [3.63, 3.8) is 0 Å². The molecule has 0 bridgehead atoms. The third kappa shape index (κ3) is 3.85. The van der Waals surface area contributed by atoms with Crippen molar-refractivity contribution in [2.45, 2.75) is 57.4 Å². The lowest BCUT2D eigenvalue weighted by Gasteiger charge is -2.27. The molecule has 0 spiro atoms. The van der Waals surface area contributed by atoms with Crippen LogP contribution >= 0.6 is 12.4 Å². The van der Waals surface area contributed by atoms with Crippen molar-refractivity contribution < 1.29 is 4.79 Å². The summed E-state index contributed by atoms with van der Waals surface area (Å²) in [5.74, 6) is 1.01. The molecule has 17 heavy (non-hydrogen) atoms. The van der Waals surface area contributed by atoms with Gasteiger partial charge in [-0.05, 0) is 31.6 Å². The van der Waals surface area contributed by atoms with E-state index >= 15 is 0 Å². The number of nitrogens with zero attached hydrogens (tertiary/aromatic N) is 1. The second kappa shape index (κ2) is 7.22. The number of rotatable bonds is 3. The van der Waals surface area contributed by atoms with E-state index in [0.717, 1.165) is 25.8 Å². The predicted molar refractivity (Wildman–Crippen MR) is 72.2 cm³/mol. The van der Waals surface area contributed by atoms with E-state index in [9.17, 15) is 4.79 Å². The molecule has 2 fully saturated rings. The van der Waals surface area contributed by atoms with Gasteiger partial charge < -0.3 is 10.6 Å². The molecule has 1 saturated heterocycles. The number of amides is 1. The van der Waals surface area contributed by atoms with Crippen LogP contribution in [-0.4, -0.2) is 29.9 Å². The van der Waals surface area contributed by atoms with Crippen LogP contribution in [0.15, 0.2) is 0 Å². The van der Waals surface area contributed by atoms with Gasteiger partial charge in [-0.2, -0.15) is 0 Å². The third-order valence-electron chi connectivity index (χ3n) is 4.16. The normalized spacial score (nSPS) is 25.7. The summed E-state index contributed by atoms with van der Waals surface area (Å²) in [7, 11) is 0. The summed E-state index contributed by atoms with van der Waals surface area (Å²) in [6.07, 6.45) is 9.53. The third-order valence-corrected chi connectivity index (χ3v) is 4.16. The minimum Gasteiger partial charge on any atom is -0.338 e. The number of likely N-dealkylation sites (tertiary alicyclic amines) is 1. The standard InChI is InChI=1S/C13H24N2O.ClH/c14-10-12-7-4-8-15(12)13(16)9-11-5-2-1-3-6-11;/h11-12H,1-10,14H2;1H. The van der Waals surface area contributed by atoms with Gasteiger partial charge >= 0.3 is 0 Å². The average Bonchev–Trinajstić information content (AvgIpc) is 2.78. The molecule has 1 atom stereocenters. The highest BCUT2D eigenvalue weighted by atomic mass is 35.5. The Kier molecular flexibility index (Phi) is 6.28. The van der Waals surface area contributed by atoms with Gasteiger partial charge in [-0.15, -0.1) is 12.4 Å². The number of carbonyl (C=O) groups is 1. The molecule has 0 aromatic heterocycles. The summed E-state index contributed by atoms with van der Waals surface area (Å²) in [6, 6.07) is 0.330. The van der Waals surface area contributed by atoms with E-state index in [2.05, 4.69) is 0 Å². The molecule has 2 rings (SSSR count). The molecule has 1 aliphatic heterocycles. The molecule has 100 valence electrons. The fourth-order valence-electron chi connectivity index (χ4n) is 3.16. The zero-order valence-corrected chi connectivity index (χ0v) is 11.4. The van der Waals surface area contributed by atoms with Crippen molar-refractivity contribution in [1.29, 1.82) is 0 Å². The predicted octanol–water partition coefficient (Wildman–Crippen LogP) is 2.33. The summed E-state index contributed by atoms with van der Waals surface area (Å²) in [4.78, 5) is 14.2. The van der Waals surface area contributed by atoms with Gasteiger partial charge in [-0.1, -0.05) is 19.3 Å². The molecule has 4 heteroatoms. The van der Waals surface area contributed by atoms with Crippen molar-refractivity contribution >= 4 is 18.3 Å². The molecule has 1 heterocycles. The Balaban J connectivity index is 0.00000144. The summed E-state index contributed by atoms with van der Waals surface area (Å²) >= 11 is 0. The van der Waals surface area contributed by atoms with Crippen molar-refractivity contribution in [3.05, 3.63) is 0 Å². The highest BCUT2D eigenvalue weighted by Crippen LogP contribution is 2.28. The molecule has 0 radical (unpaired) electrons.